The Kier molecular flexibility index (Phi) is 2.39. The van der Waals surface area contributed by atoms with Crippen LogP contribution in [0, 0.1) is 11.8 Å². The van der Waals surface area contributed by atoms with E-state index < -0.39 is 0 Å². The average molecular weight is 182 g/mol. The zero-order chi connectivity index (χ0) is 9.47. The van der Waals surface area contributed by atoms with Crippen molar-refractivity contribution in [3.05, 3.63) is 0 Å². The summed E-state index contributed by atoms with van der Waals surface area (Å²) in [5.74, 6) is 2.07. The second kappa shape index (κ2) is 3.27. The van der Waals surface area contributed by atoms with E-state index in [0.717, 1.165) is 11.8 Å². The fourth-order valence-electron chi connectivity index (χ4n) is 2.63. The molecular weight excluding hydrogens is 160 g/mol. The molecule has 1 saturated carbocycles. The van der Waals surface area contributed by atoms with E-state index in [2.05, 4.69) is 20.8 Å². The Bertz CT molecular complexity index is 186. The van der Waals surface area contributed by atoms with Crippen molar-refractivity contribution >= 4 is 0 Å². The second-order valence-electron chi connectivity index (χ2n) is 5.44. The summed E-state index contributed by atoms with van der Waals surface area (Å²) >= 11 is 0. The van der Waals surface area contributed by atoms with Crippen molar-refractivity contribution in [2.75, 3.05) is 0 Å². The molecule has 0 bridgehead atoms. The molecule has 0 spiro atoms. The minimum Gasteiger partial charge on any atom is -0.372 e. The van der Waals surface area contributed by atoms with Gasteiger partial charge in [-0.1, -0.05) is 6.92 Å². The lowest BCUT2D eigenvalue weighted by Crippen LogP contribution is -2.32. The summed E-state index contributed by atoms with van der Waals surface area (Å²) in [6, 6.07) is 0. The first kappa shape index (κ1) is 9.51. The number of hydrogen-bond acceptors (Lipinski definition) is 1. The Morgan fingerprint density at radius 3 is 2.69 bits per heavy atom. The van der Waals surface area contributed by atoms with E-state index in [1.807, 2.05) is 0 Å². The minimum atomic E-state index is 0.133. The standard InChI is InChI=1S/C12H22O/c1-4-11-8-10-7-9(10)5-6-12(2,3)13-11/h9-11H,4-8H2,1-3H3. The molecule has 3 atom stereocenters. The molecule has 76 valence electrons. The Balaban J connectivity index is 1.98. The second-order valence-corrected chi connectivity index (χ2v) is 5.44. The van der Waals surface area contributed by atoms with Crippen LogP contribution >= 0.6 is 0 Å². The molecule has 1 aliphatic carbocycles. The molecule has 1 heteroatoms. The van der Waals surface area contributed by atoms with Gasteiger partial charge in [-0.15, -0.1) is 0 Å². The van der Waals surface area contributed by atoms with Crippen LogP contribution in [0.4, 0.5) is 0 Å². The van der Waals surface area contributed by atoms with Crippen molar-refractivity contribution in [2.45, 2.75) is 64.6 Å². The summed E-state index contributed by atoms with van der Waals surface area (Å²) in [6.07, 6.45) is 7.18. The average Bonchev–Trinajstić information content (AvgIpc) is 2.76. The van der Waals surface area contributed by atoms with Crippen molar-refractivity contribution in [2.24, 2.45) is 11.8 Å². The van der Waals surface area contributed by atoms with Gasteiger partial charge >= 0.3 is 0 Å². The molecule has 2 aliphatic rings. The zero-order valence-corrected chi connectivity index (χ0v) is 9.18. The van der Waals surface area contributed by atoms with Gasteiger partial charge in [0.2, 0.25) is 0 Å². The lowest BCUT2D eigenvalue weighted by molar-refractivity contribution is -0.0891. The van der Waals surface area contributed by atoms with Gasteiger partial charge in [-0.05, 0) is 57.8 Å². The predicted octanol–water partition coefficient (Wildman–Crippen LogP) is 3.38. The lowest BCUT2D eigenvalue weighted by Gasteiger charge is -2.32. The van der Waals surface area contributed by atoms with Crippen LogP contribution in [0.25, 0.3) is 0 Å². The largest absolute Gasteiger partial charge is 0.372 e. The molecule has 1 heterocycles. The van der Waals surface area contributed by atoms with E-state index >= 15 is 0 Å². The molecule has 0 radical (unpaired) electrons. The van der Waals surface area contributed by atoms with Crippen LogP contribution in [-0.4, -0.2) is 11.7 Å². The maximum absolute atomic E-state index is 6.12. The van der Waals surface area contributed by atoms with Crippen molar-refractivity contribution in [3.63, 3.8) is 0 Å². The van der Waals surface area contributed by atoms with Crippen LogP contribution in [0.2, 0.25) is 0 Å². The van der Waals surface area contributed by atoms with Crippen molar-refractivity contribution in [3.8, 4) is 0 Å². The Morgan fingerprint density at radius 2 is 2.00 bits per heavy atom. The smallest absolute Gasteiger partial charge is 0.0630 e. The molecule has 13 heavy (non-hydrogen) atoms. The molecule has 0 N–H and O–H groups in total. The van der Waals surface area contributed by atoms with E-state index in [0.29, 0.717) is 6.10 Å². The summed E-state index contributed by atoms with van der Waals surface area (Å²) < 4.78 is 6.12. The number of fused-ring (bicyclic) bond motifs is 1. The summed E-state index contributed by atoms with van der Waals surface area (Å²) in [7, 11) is 0. The predicted molar refractivity (Wildman–Crippen MR) is 54.7 cm³/mol. The quantitative estimate of drug-likeness (QED) is 0.604. The lowest BCUT2D eigenvalue weighted by atomic mass is 9.95. The monoisotopic (exact) mass is 182 g/mol. The highest BCUT2D eigenvalue weighted by molar-refractivity contribution is 4.92. The van der Waals surface area contributed by atoms with E-state index in [1.54, 1.807) is 0 Å². The van der Waals surface area contributed by atoms with Crippen molar-refractivity contribution < 1.29 is 4.74 Å². The molecule has 2 fully saturated rings. The summed E-state index contributed by atoms with van der Waals surface area (Å²) in [6.45, 7) is 6.75. The molecule has 1 aliphatic heterocycles. The Hall–Kier alpha value is -0.0400. The third-order valence-corrected chi connectivity index (χ3v) is 3.69. The first-order chi connectivity index (χ1) is 6.11. The summed E-state index contributed by atoms with van der Waals surface area (Å²) in [5, 5.41) is 0. The molecule has 0 aromatic rings. The third kappa shape index (κ3) is 2.25. The summed E-state index contributed by atoms with van der Waals surface area (Å²) in [4.78, 5) is 0. The Labute approximate surface area is 81.9 Å². The van der Waals surface area contributed by atoms with Crippen LogP contribution in [0.3, 0.4) is 0 Å². The van der Waals surface area contributed by atoms with Crippen LogP contribution in [0.15, 0.2) is 0 Å². The summed E-state index contributed by atoms with van der Waals surface area (Å²) in [5.41, 5.74) is 0.133. The van der Waals surface area contributed by atoms with Crippen molar-refractivity contribution in [1.29, 1.82) is 0 Å². The SMILES string of the molecule is CCC1CC2CC2CCC(C)(C)O1. The fourth-order valence-corrected chi connectivity index (χ4v) is 2.63. The van der Waals surface area contributed by atoms with E-state index in [-0.39, 0.29) is 5.60 Å². The van der Waals surface area contributed by atoms with Crippen molar-refractivity contribution in [1.82, 2.24) is 0 Å². The Morgan fingerprint density at radius 1 is 1.23 bits per heavy atom. The van der Waals surface area contributed by atoms with Crippen LogP contribution < -0.4 is 0 Å². The van der Waals surface area contributed by atoms with Gasteiger partial charge in [0.05, 0.1) is 11.7 Å². The highest BCUT2D eigenvalue weighted by atomic mass is 16.5. The number of hydrogen-bond donors (Lipinski definition) is 0. The minimum absolute atomic E-state index is 0.133. The van der Waals surface area contributed by atoms with Gasteiger partial charge in [0, 0.05) is 0 Å². The topological polar surface area (TPSA) is 9.23 Å². The number of rotatable bonds is 1. The molecule has 0 amide bonds. The van der Waals surface area contributed by atoms with Crippen LogP contribution in [-0.2, 0) is 4.74 Å². The maximum atomic E-state index is 6.12. The molecule has 0 aromatic carbocycles. The van der Waals surface area contributed by atoms with Gasteiger partial charge in [-0.3, -0.25) is 0 Å². The normalized spacial score (nSPS) is 43.2. The van der Waals surface area contributed by atoms with Gasteiger partial charge in [0.25, 0.3) is 0 Å². The molecular formula is C12H22O. The third-order valence-electron chi connectivity index (χ3n) is 3.69. The molecule has 2 rings (SSSR count). The van der Waals surface area contributed by atoms with E-state index in [1.165, 1.54) is 32.1 Å². The highest BCUT2D eigenvalue weighted by Crippen LogP contribution is 2.49. The van der Waals surface area contributed by atoms with Gasteiger partial charge < -0.3 is 4.74 Å². The number of ether oxygens (including phenoxy) is 1. The van der Waals surface area contributed by atoms with Gasteiger partial charge in [0.1, 0.15) is 0 Å². The van der Waals surface area contributed by atoms with Gasteiger partial charge in [0.15, 0.2) is 0 Å². The zero-order valence-electron chi connectivity index (χ0n) is 9.18. The van der Waals surface area contributed by atoms with Crippen LogP contribution in [0.5, 0.6) is 0 Å². The van der Waals surface area contributed by atoms with E-state index in [4.69, 9.17) is 4.74 Å². The van der Waals surface area contributed by atoms with Crippen LogP contribution in [0.1, 0.15) is 52.9 Å². The maximum Gasteiger partial charge on any atom is 0.0630 e. The van der Waals surface area contributed by atoms with E-state index in [9.17, 15) is 0 Å². The van der Waals surface area contributed by atoms with Gasteiger partial charge in [-0.25, -0.2) is 0 Å². The van der Waals surface area contributed by atoms with Gasteiger partial charge in [-0.2, -0.15) is 0 Å². The first-order valence-electron chi connectivity index (χ1n) is 5.78. The highest BCUT2D eigenvalue weighted by Gasteiger charge is 2.42. The first-order valence-corrected chi connectivity index (χ1v) is 5.78. The molecule has 0 aromatic heterocycles. The fraction of sp³-hybridized carbons (Fsp3) is 1.00. The molecule has 1 saturated heterocycles. The molecule has 3 unspecified atom stereocenters. The molecule has 1 nitrogen and oxygen atoms in total.